The third-order valence-electron chi connectivity index (χ3n) is 4.54. The molecule has 0 bridgehead atoms. The molecule has 1 aliphatic rings. The predicted molar refractivity (Wildman–Crippen MR) is 88.7 cm³/mol. The van der Waals surface area contributed by atoms with Crippen LogP contribution in [0.1, 0.15) is 28.9 Å². The van der Waals surface area contributed by atoms with Crippen LogP contribution in [0.2, 0.25) is 0 Å². The molecule has 0 spiro atoms. The van der Waals surface area contributed by atoms with Crippen molar-refractivity contribution in [2.45, 2.75) is 13.0 Å². The van der Waals surface area contributed by atoms with Gasteiger partial charge in [0.1, 0.15) is 5.82 Å². The van der Waals surface area contributed by atoms with Gasteiger partial charge >= 0.3 is 0 Å². The maximum Gasteiger partial charge on any atom is 0.256 e. The highest BCUT2D eigenvalue weighted by atomic mass is 19.1. The van der Waals surface area contributed by atoms with E-state index in [2.05, 4.69) is 24.0 Å². The third kappa shape index (κ3) is 3.42. The van der Waals surface area contributed by atoms with Gasteiger partial charge in [-0.15, -0.1) is 0 Å². The highest BCUT2D eigenvalue weighted by Crippen LogP contribution is 2.22. The summed E-state index contributed by atoms with van der Waals surface area (Å²) in [5.74, 6) is -0.660. The summed E-state index contributed by atoms with van der Waals surface area (Å²) in [5, 5.41) is 0. The molecule has 0 aliphatic carbocycles. The Morgan fingerprint density at radius 1 is 0.957 bits per heavy atom. The smallest absolute Gasteiger partial charge is 0.256 e. The van der Waals surface area contributed by atoms with Crippen LogP contribution in [0.5, 0.6) is 0 Å². The van der Waals surface area contributed by atoms with E-state index in [9.17, 15) is 9.18 Å². The first-order valence-corrected chi connectivity index (χ1v) is 7.99. The van der Waals surface area contributed by atoms with Crippen molar-refractivity contribution in [1.82, 2.24) is 9.80 Å². The fourth-order valence-electron chi connectivity index (χ4n) is 3.06. The van der Waals surface area contributed by atoms with Crippen molar-refractivity contribution >= 4 is 5.91 Å². The van der Waals surface area contributed by atoms with Crippen molar-refractivity contribution in [3.05, 3.63) is 71.5 Å². The van der Waals surface area contributed by atoms with Crippen molar-refractivity contribution in [3.63, 3.8) is 0 Å². The Hall–Kier alpha value is -2.20. The van der Waals surface area contributed by atoms with Crippen molar-refractivity contribution in [1.29, 1.82) is 0 Å². The Kier molecular flexibility index (Phi) is 4.72. The molecule has 1 atom stereocenters. The van der Waals surface area contributed by atoms with Crippen LogP contribution >= 0.6 is 0 Å². The number of hydrogen-bond donors (Lipinski definition) is 0. The molecular weight excluding hydrogens is 291 g/mol. The third-order valence-corrected chi connectivity index (χ3v) is 4.54. The second kappa shape index (κ2) is 6.92. The molecule has 1 aliphatic heterocycles. The molecule has 0 radical (unpaired) electrons. The molecule has 0 aromatic heterocycles. The van der Waals surface area contributed by atoms with E-state index in [4.69, 9.17) is 0 Å². The first-order valence-electron chi connectivity index (χ1n) is 7.99. The molecule has 1 saturated heterocycles. The highest BCUT2D eigenvalue weighted by molar-refractivity contribution is 5.94. The molecule has 120 valence electrons. The first-order chi connectivity index (χ1) is 11.2. The quantitative estimate of drug-likeness (QED) is 0.868. The summed E-state index contributed by atoms with van der Waals surface area (Å²) >= 11 is 0. The lowest BCUT2D eigenvalue weighted by atomic mass is 10.1. The highest BCUT2D eigenvalue weighted by Gasteiger charge is 2.26. The zero-order valence-corrected chi connectivity index (χ0v) is 13.3. The molecule has 3 nitrogen and oxygen atoms in total. The molecule has 0 saturated carbocycles. The molecule has 2 aromatic rings. The van der Waals surface area contributed by atoms with Crippen LogP contribution in [0.3, 0.4) is 0 Å². The van der Waals surface area contributed by atoms with Crippen molar-refractivity contribution in [3.8, 4) is 0 Å². The standard InChI is InChI=1S/C19H21FN2O/c1-15(16-7-3-2-4-8-16)21-11-13-22(14-12-21)19(23)17-9-5-6-10-18(17)20/h2-10,15H,11-14H2,1H3. The van der Waals surface area contributed by atoms with Gasteiger partial charge in [-0.3, -0.25) is 9.69 Å². The molecule has 23 heavy (non-hydrogen) atoms. The van der Waals surface area contributed by atoms with Gasteiger partial charge in [-0.25, -0.2) is 4.39 Å². The summed E-state index contributed by atoms with van der Waals surface area (Å²) in [4.78, 5) is 16.5. The summed E-state index contributed by atoms with van der Waals surface area (Å²) in [6.07, 6.45) is 0. The monoisotopic (exact) mass is 312 g/mol. The van der Waals surface area contributed by atoms with E-state index in [0.717, 1.165) is 13.1 Å². The molecule has 2 aromatic carbocycles. The normalized spacial score (nSPS) is 17.0. The fraction of sp³-hybridized carbons (Fsp3) is 0.316. The van der Waals surface area contributed by atoms with E-state index in [-0.39, 0.29) is 11.5 Å². The minimum atomic E-state index is -0.447. The predicted octanol–water partition coefficient (Wildman–Crippen LogP) is 3.34. The summed E-state index contributed by atoms with van der Waals surface area (Å²) in [6.45, 7) is 5.05. The lowest BCUT2D eigenvalue weighted by Crippen LogP contribution is -2.49. The maximum atomic E-state index is 13.8. The van der Waals surface area contributed by atoms with Crippen LogP contribution in [-0.4, -0.2) is 41.9 Å². The minimum absolute atomic E-state index is 0.164. The van der Waals surface area contributed by atoms with Gasteiger partial charge in [-0.05, 0) is 24.6 Å². The number of carbonyl (C=O) groups excluding carboxylic acids is 1. The fourth-order valence-corrected chi connectivity index (χ4v) is 3.06. The average Bonchev–Trinajstić information content (AvgIpc) is 2.62. The molecule has 1 amide bonds. The lowest BCUT2D eigenvalue weighted by molar-refractivity contribution is 0.0578. The number of rotatable bonds is 3. The van der Waals surface area contributed by atoms with Crippen LogP contribution in [0.4, 0.5) is 4.39 Å². The summed E-state index contributed by atoms with van der Waals surface area (Å²) in [7, 11) is 0. The van der Waals surface area contributed by atoms with E-state index in [1.165, 1.54) is 11.6 Å². The zero-order valence-electron chi connectivity index (χ0n) is 13.3. The molecular formula is C19H21FN2O. The van der Waals surface area contributed by atoms with E-state index in [0.29, 0.717) is 19.1 Å². The summed E-state index contributed by atoms with van der Waals surface area (Å²) in [5.41, 5.74) is 1.44. The Balaban J connectivity index is 1.62. The average molecular weight is 312 g/mol. The van der Waals surface area contributed by atoms with Gasteiger partial charge in [0, 0.05) is 32.2 Å². The molecule has 1 fully saturated rings. The number of amides is 1. The number of nitrogens with zero attached hydrogens (tertiary/aromatic N) is 2. The van der Waals surface area contributed by atoms with E-state index >= 15 is 0 Å². The molecule has 0 N–H and O–H groups in total. The lowest BCUT2D eigenvalue weighted by Gasteiger charge is -2.38. The van der Waals surface area contributed by atoms with Gasteiger partial charge in [0.2, 0.25) is 0 Å². The molecule has 1 heterocycles. The van der Waals surface area contributed by atoms with Crippen LogP contribution in [0.25, 0.3) is 0 Å². The first kappa shape index (κ1) is 15.7. The molecule has 1 unspecified atom stereocenters. The van der Waals surface area contributed by atoms with Crippen molar-refractivity contribution in [2.75, 3.05) is 26.2 Å². The van der Waals surface area contributed by atoms with Gasteiger partial charge in [-0.2, -0.15) is 0 Å². The zero-order chi connectivity index (χ0) is 16.2. The largest absolute Gasteiger partial charge is 0.336 e. The number of carbonyl (C=O) groups is 1. The number of piperazine rings is 1. The number of halogens is 1. The number of benzene rings is 2. The summed E-state index contributed by atoms with van der Waals surface area (Å²) in [6, 6.07) is 16.9. The topological polar surface area (TPSA) is 23.6 Å². The van der Waals surface area contributed by atoms with Crippen LogP contribution in [0, 0.1) is 5.82 Å². The van der Waals surface area contributed by atoms with Gasteiger partial charge in [0.05, 0.1) is 5.56 Å². The molecule has 3 rings (SSSR count). The Bertz CT molecular complexity index is 666. The van der Waals surface area contributed by atoms with Crippen LogP contribution < -0.4 is 0 Å². The minimum Gasteiger partial charge on any atom is -0.336 e. The van der Waals surface area contributed by atoms with Crippen molar-refractivity contribution in [2.24, 2.45) is 0 Å². The van der Waals surface area contributed by atoms with Gasteiger partial charge in [-0.1, -0.05) is 42.5 Å². The van der Waals surface area contributed by atoms with Gasteiger partial charge < -0.3 is 4.90 Å². The van der Waals surface area contributed by atoms with Crippen LogP contribution in [0.15, 0.2) is 54.6 Å². The Morgan fingerprint density at radius 3 is 2.22 bits per heavy atom. The van der Waals surface area contributed by atoms with Crippen molar-refractivity contribution < 1.29 is 9.18 Å². The van der Waals surface area contributed by atoms with E-state index in [1.54, 1.807) is 23.1 Å². The van der Waals surface area contributed by atoms with Gasteiger partial charge in [0.15, 0.2) is 0 Å². The Morgan fingerprint density at radius 2 is 1.57 bits per heavy atom. The Labute approximate surface area is 136 Å². The van der Waals surface area contributed by atoms with E-state index < -0.39 is 5.82 Å². The SMILES string of the molecule is CC(c1ccccc1)N1CCN(C(=O)c2ccccc2F)CC1. The van der Waals surface area contributed by atoms with Gasteiger partial charge in [0.25, 0.3) is 5.91 Å². The molecule has 4 heteroatoms. The second-order valence-electron chi connectivity index (χ2n) is 5.89. The summed E-state index contributed by atoms with van der Waals surface area (Å²) < 4.78 is 13.8. The number of hydrogen-bond acceptors (Lipinski definition) is 2. The second-order valence-corrected chi connectivity index (χ2v) is 5.89. The van der Waals surface area contributed by atoms with E-state index in [1.807, 2.05) is 18.2 Å². The maximum absolute atomic E-state index is 13.8. The van der Waals surface area contributed by atoms with Crippen LogP contribution in [-0.2, 0) is 0 Å².